The Kier molecular flexibility index (Phi) is 10.1. The first kappa shape index (κ1) is 32.9. The number of unbranched alkanes of at least 4 members (excludes halogenated alkanes) is 1. The Morgan fingerprint density at radius 1 is 1.09 bits per heavy atom. The van der Waals surface area contributed by atoms with Crippen LogP contribution in [0.2, 0.25) is 0 Å². The molecule has 4 heterocycles. The molecule has 10 heteroatoms. The average Bonchev–Trinajstić information content (AvgIpc) is 3.42. The van der Waals surface area contributed by atoms with E-state index in [0.717, 1.165) is 12.8 Å². The normalized spacial score (nSPS) is 34.0. The molecule has 2 fully saturated rings. The number of fused-ring (bicyclic) bond motifs is 2. The van der Waals surface area contributed by atoms with Gasteiger partial charge in [-0.15, -0.1) is 0 Å². The molecule has 9 atom stereocenters. The van der Waals surface area contributed by atoms with E-state index in [0.29, 0.717) is 31.5 Å². The number of aliphatic hydroxyl groups is 1. The fraction of sp³-hybridized carbons (Fsp3) is 0.600. The van der Waals surface area contributed by atoms with Crippen molar-refractivity contribution in [1.29, 1.82) is 0 Å². The van der Waals surface area contributed by atoms with Crippen molar-refractivity contribution in [2.45, 2.75) is 95.7 Å². The lowest BCUT2D eigenvalue weighted by atomic mass is 9.77. The summed E-state index contributed by atoms with van der Waals surface area (Å²) < 4.78 is 13.0. The first-order valence-electron chi connectivity index (χ1n) is 16.5. The van der Waals surface area contributed by atoms with Crippen LogP contribution in [0.4, 0.5) is 0 Å². The number of nitrogens with zero attached hydrogens (tertiary/aromatic N) is 2. The Morgan fingerprint density at radius 2 is 1.84 bits per heavy atom. The minimum Gasteiger partial charge on any atom is -0.455 e. The lowest BCUT2D eigenvalue weighted by molar-refractivity contribution is -0.162. The standard InChI is InChI=1S/C35H47N3O7/c1-5-7-19-37-20-13-18-35-29(32(41)38(31(35)33(37)42)25(21-39)22(3)6-2)28-26(45-35)16-11-12-17-27(40)36-23(4)30(44-34(28)43)24-14-9-8-10-15-24/h8-11,13-16,18,22-23,25-26,28-31,39H,5-7,12,17,19-21H2,1-4H3,(H,36,40)/b16-11-/t22-,23+,25-,26+,28-,29-,30-,31+,35-/m0/s1. The number of carbonyl (C=O) groups excluding carboxylic acids is 4. The van der Waals surface area contributed by atoms with Gasteiger partial charge in [-0.2, -0.15) is 0 Å². The molecule has 0 aromatic heterocycles. The summed E-state index contributed by atoms with van der Waals surface area (Å²) in [4.78, 5) is 59.6. The highest BCUT2D eigenvalue weighted by atomic mass is 16.6. The third-order valence-electron chi connectivity index (χ3n) is 9.99. The minimum absolute atomic E-state index is 0.107. The predicted octanol–water partition coefficient (Wildman–Crippen LogP) is 3.31. The van der Waals surface area contributed by atoms with Gasteiger partial charge < -0.3 is 29.7 Å². The number of benzene rings is 1. The Hall–Kier alpha value is -3.50. The van der Waals surface area contributed by atoms with Crippen molar-refractivity contribution >= 4 is 23.7 Å². The summed E-state index contributed by atoms with van der Waals surface area (Å²) in [7, 11) is 0. The van der Waals surface area contributed by atoms with Crippen LogP contribution >= 0.6 is 0 Å². The number of rotatable bonds is 8. The van der Waals surface area contributed by atoms with E-state index in [1.54, 1.807) is 24.0 Å². The Balaban J connectivity index is 1.62. The number of likely N-dealkylation sites (tertiary alicyclic amines) is 1. The maximum atomic E-state index is 14.7. The van der Waals surface area contributed by atoms with Crippen molar-refractivity contribution < 1.29 is 33.8 Å². The minimum atomic E-state index is -1.43. The number of esters is 1. The first-order valence-corrected chi connectivity index (χ1v) is 16.5. The highest BCUT2D eigenvalue weighted by Crippen LogP contribution is 2.54. The van der Waals surface area contributed by atoms with Gasteiger partial charge in [-0.1, -0.05) is 88.2 Å². The van der Waals surface area contributed by atoms with E-state index < -0.39 is 59.6 Å². The number of hydrogen-bond donors (Lipinski definition) is 2. The molecule has 0 unspecified atom stereocenters. The number of hydrogen-bond acceptors (Lipinski definition) is 7. The molecule has 2 N–H and O–H groups in total. The summed E-state index contributed by atoms with van der Waals surface area (Å²) >= 11 is 0. The summed E-state index contributed by atoms with van der Waals surface area (Å²) in [6.45, 7) is 8.36. The zero-order chi connectivity index (χ0) is 32.3. The Morgan fingerprint density at radius 3 is 2.53 bits per heavy atom. The van der Waals surface area contributed by atoms with E-state index in [1.807, 2.05) is 56.3 Å². The topological polar surface area (TPSA) is 125 Å². The number of amides is 3. The first-order chi connectivity index (χ1) is 21.7. The molecule has 2 saturated heterocycles. The van der Waals surface area contributed by atoms with Crippen molar-refractivity contribution in [2.75, 3.05) is 19.7 Å². The molecule has 244 valence electrons. The van der Waals surface area contributed by atoms with Crippen LogP contribution < -0.4 is 5.32 Å². The van der Waals surface area contributed by atoms with E-state index in [4.69, 9.17) is 9.47 Å². The molecular formula is C35H47N3O7. The molecule has 1 spiro atoms. The average molecular weight is 622 g/mol. The third-order valence-corrected chi connectivity index (χ3v) is 9.99. The van der Waals surface area contributed by atoms with E-state index in [2.05, 4.69) is 12.2 Å². The zero-order valence-corrected chi connectivity index (χ0v) is 26.8. The second-order valence-corrected chi connectivity index (χ2v) is 12.9. The van der Waals surface area contributed by atoms with Crippen LogP contribution in [0, 0.1) is 17.8 Å². The van der Waals surface area contributed by atoms with E-state index in [1.165, 1.54) is 4.90 Å². The maximum absolute atomic E-state index is 14.7. The molecule has 45 heavy (non-hydrogen) atoms. The molecule has 5 rings (SSSR count). The number of nitrogens with one attached hydrogen (secondary N) is 1. The molecule has 10 nitrogen and oxygen atoms in total. The van der Waals surface area contributed by atoms with Crippen molar-refractivity contribution in [3.8, 4) is 0 Å². The maximum Gasteiger partial charge on any atom is 0.313 e. The quantitative estimate of drug-likeness (QED) is 0.337. The van der Waals surface area contributed by atoms with Crippen LogP contribution in [0.5, 0.6) is 0 Å². The largest absolute Gasteiger partial charge is 0.455 e. The van der Waals surface area contributed by atoms with E-state index in [-0.39, 0.29) is 30.8 Å². The summed E-state index contributed by atoms with van der Waals surface area (Å²) in [6, 6.07) is 6.99. The summed E-state index contributed by atoms with van der Waals surface area (Å²) in [5.74, 6) is -3.63. The molecular weight excluding hydrogens is 574 g/mol. The Bertz CT molecular complexity index is 1320. The van der Waals surface area contributed by atoms with Crippen molar-refractivity contribution in [1.82, 2.24) is 15.1 Å². The van der Waals surface area contributed by atoms with E-state index in [9.17, 15) is 24.3 Å². The molecule has 0 saturated carbocycles. The number of ether oxygens (including phenoxy) is 2. The van der Waals surface area contributed by atoms with Crippen LogP contribution in [0.15, 0.2) is 54.6 Å². The summed E-state index contributed by atoms with van der Waals surface area (Å²) in [6.07, 6.45) is 8.57. The van der Waals surface area contributed by atoms with Crippen molar-refractivity contribution in [3.63, 3.8) is 0 Å². The number of carbonyl (C=O) groups is 4. The fourth-order valence-corrected chi connectivity index (χ4v) is 7.41. The monoisotopic (exact) mass is 621 g/mol. The lowest BCUT2D eigenvalue weighted by Crippen LogP contribution is -2.59. The van der Waals surface area contributed by atoms with Gasteiger partial charge >= 0.3 is 5.97 Å². The van der Waals surface area contributed by atoms with Gasteiger partial charge in [0, 0.05) is 19.5 Å². The van der Waals surface area contributed by atoms with Crippen molar-refractivity contribution in [2.24, 2.45) is 17.8 Å². The van der Waals surface area contributed by atoms with E-state index >= 15 is 0 Å². The van der Waals surface area contributed by atoms with Gasteiger partial charge in [-0.05, 0) is 31.2 Å². The van der Waals surface area contributed by atoms with Gasteiger partial charge in [0.25, 0.3) is 0 Å². The van der Waals surface area contributed by atoms with Crippen LogP contribution in [0.25, 0.3) is 0 Å². The SMILES string of the molecule is CCCCN1CC=C[C@]23O[C@@H]4/C=C\CCC(=O)N[C@H](C)[C@@H](c5ccccc5)OC(=O)[C@@H]4[C@H]2C(=O)N([C@@H](CO)[C@@H](C)CC)[C@@H]3C1=O. The highest BCUT2D eigenvalue weighted by molar-refractivity contribution is 5.99. The molecule has 3 amide bonds. The van der Waals surface area contributed by atoms with Gasteiger partial charge in [0.05, 0.1) is 30.7 Å². The number of cyclic esters (lactones) is 1. The Labute approximate surface area is 265 Å². The molecule has 4 aliphatic heterocycles. The van der Waals surface area contributed by atoms with Gasteiger partial charge in [0.1, 0.15) is 23.7 Å². The zero-order valence-electron chi connectivity index (χ0n) is 26.8. The molecule has 4 aliphatic rings. The predicted molar refractivity (Wildman–Crippen MR) is 167 cm³/mol. The van der Waals surface area contributed by atoms with Crippen LogP contribution in [0.1, 0.15) is 71.5 Å². The van der Waals surface area contributed by atoms with Gasteiger partial charge in [0.15, 0.2) is 0 Å². The summed E-state index contributed by atoms with van der Waals surface area (Å²) in [5, 5.41) is 13.6. The highest BCUT2D eigenvalue weighted by Gasteiger charge is 2.72. The third kappa shape index (κ3) is 6.06. The molecule has 0 aliphatic carbocycles. The van der Waals surface area contributed by atoms with Gasteiger partial charge in [0.2, 0.25) is 17.7 Å². The van der Waals surface area contributed by atoms with Crippen LogP contribution in [-0.2, 0) is 28.7 Å². The lowest BCUT2D eigenvalue weighted by Gasteiger charge is -2.40. The fourth-order valence-electron chi connectivity index (χ4n) is 7.41. The molecule has 0 bridgehead atoms. The van der Waals surface area contributed by atoms with Crippen LogP contribution in [0.3, 0.4) is 0 Å². The second-order valence-electron chi connectivity index (χ2n) is 12.9. The van der Waals surface area contributed by atoms with Crippen molar-refractivity contribution in [3.05, 3.63) is 60.2 Å². The van der Waals surface area contributed by atoms with Gasteiger partial charge in [-0.3, -0.25) is 19.2 Å². The molecule has 1 aromatic rings. The summed E-state index contributed by atoms with van der Waals surface area (Å²) in [5.41, 5.74) is -0.724. The van der Waals surface area contributed by atoms with Gasteiger partial charge in [-0.25, -0.2) is 0 Å². The number of allylic oxidation sites excluding steroid dienone is 1. The molecule has 1 aromatic carbocycles. The van der Waals surface area contributed by atoms with Crippen LogP contribution in [-0.4, -0.2) is 88.1 Å². The second kappa shape index (κ2) is 13.9. The number of aliphatic hydroxyl groups excluding tert-OH is 1. The smallest absolute Gasteiger partial charge is 0.313 e. The molecule has 0 radical (unpaired) electrons.